The zero-order valence-electron chi connectivity index (χ0n) is 9.07. The van der Waals surface area contributed by atoms with Crippen molar-refractivity contribution in [3.05, 3.63) is 0 Å². The third-order valence-electron chi connectivity index (χ3n) is 2.94. The molecular formula is C10H21N3O. The van der Waals surface area contributed by atoms with E-state index >= 15 is 0 Å². The smallest absolute Gasteiger partial charge is 0.221 e. The first-order chi connectivity index (χ1) is 6.50. The fraction of sp³-hybridized carbons (Fsp3) is 0.900. The summed E-state index contributed by atoms with van der Waals surface area (Å²) in [6.07, 6.45) is 1.96. The lowest BCUT2D eigenvalue weighted by Crippen LogP contribution is -2.49. The Labute approximate surface area is 85.6 Å². The molecular weight excluding hydrogens is 178 g/mol. The fourth-order valence-corrected chi connectivity index (χ4v) is 2.04. The predicted molar refractivity (Wildman–Crippen MR) is 56.6 cm³/mol. The van der Waals surface area contributed by atoms with Crippen molar-refractivity contribution < 1.29 is 4.79 Å². The van der Waals surface area contributed by atoms with Gasteiger partial charge in [0, 0.05) is 25.2 Å². The van der Waals surface area contributed by atoms with Crippen LogP contribution in [0, 0.1) is 5.92 Å². The molecule has 0 aromatic heterocycles. The Hall–Kier alpha value is -0.610. The van der Waals surface area contributed by atoms with Gasteiger partial charge in [-0.15, -0.1) is 0 Å². The van der Waals surface area contributed by atoms with Crippen LogP contribution in [-0.4, -0.2) is 36.0 Å². The summed E-state index contributed by atoms with van der Waals surface area (Å²) in [5.41, 5.74) is 11.1. The molecule has 82 valence electrons. The Morgan fingerprint density at radius 3 is 2.71 bits per heavy atom. The van der Waals surface area contributed by atoms with Gasteiger partial charge in [0.25, 0.3) is 0 Å². The zero-order chi connectivity index (χ0) is 10.7. The molecule has 4 heteroatoms. The molecule has 0 bridgehead atoms. The minimum atomic E-state index is -0.174. The summed E-state index contributed by atoms with van der Waals surface area (Å²) in [5, 5.41) is 0. The predicted octanol–water partition coefficient (Wildman–Crippen LogP) is -0.0806. The Kier molecular flexibility index (Phi) is 3.89. The van der Waals surface area contributed by atoms with Gasteiger partial charge in [-0.2, -0.15) is 0 Å². The van der Waals surface area contributed by atoms with Gasteiger partial charge in [0.2, 0.25) is 5.91 Å². The average molecular weight is 199 g/mol. The summed E-state index contributed by atoms with van der Waals surface area (Å²) in [6, 6.07) is 0.681. The molecule has 0 spiro atoms. The quantitative estimate of drug-likeness (QED) is 0.667. The van der Waals surface area contributed by atoms with Gasteiger partial charge < -0.3 is 11.5 Å². The number of nitrogens with two attached hydrogens (primary N) is 2. The number of amides is 1. The first-order valence-corrected chi connectivity index (χ1v) is 5.29. The van der Waals surface area contributed by atoms with E-state index in [0.717, 1.165) is 25.9 Å². The third-order valence-corrected chi connectivity index (χ3v) is 2.94. The molecule has 1 aliphatic heterocycles. The van der Waals surface area contributed by atoms with E-state index in [0.29, 0.717) is 6.04 Å². The van der Waals surface area contributed by atoms with Gasteiger partial charge in [-0.1, -0.05) is 0 Å². The molecule has 4 N–H and O–H groups in total. The van der Waals surface area contributed by atoms with Crippen LogP contribution in [0.5, 0.6) is 0 Å². The van der Waals surface area contributed by atoms with Crippen LogP contribution in [0.4, 0.5) is 0 Å². The molecule has 0 aromatic rings. The van der Waals surface area contributed by atoms with Crippen LogP contribution in [-0.2, 0) is 4.79 Å². The van der Waals surface area contributed by atoms with Crippen LogP contribution in [0.1, 0.15) is 26.7 Å². The van der Waals surface area contributed by atoms with Crippen molar-refractivity contribution in [3.8, 4) is 0 Å². The number of likely N-dealkylation sites (tertiary alicyclic amines) is 1. The number of carbonyl (C=O) groups is 1. The van der Waals surface area contributed by atoms with Crippen molar-refractivity contribution in [1.82, 2.24) is 4.90 Å². The van der Waals surface area contributed by atoms with Crippen molar-refractivity contribution in [1.29, 1.82) is 0 Å². The summed E-state index contributed by atoms with van der Waals surface area (Å²) in [5.74, 6) is -0.156. The maximum Gasteiger partial charge on any atom is 0.221 e. The number of nitrogens with zero attached hydrogens (tertiary/aromatic N) is 1. The molecule has 14 heavy (non-hydrogen) atoms. The second-order valence-corrected chi connectivity index (χ2v) is 4.46. The molecule has 3 unspecified atom stereocenters. The molecule has 0 aromatic carbocycles. The molecule has 0 aliphatic carbocycles. The topological polar surface area (TPSA) is 72.3 Å². The highest BCUT2D eigenvalue weighted by atomic mass is 16.1. The number of hydrogen-bond donors (Lipinski definition) is 2. The zero-order valence-corrected chi connectivity index (χ0v) is 9.07. The van der Waals surface area contributed by atoms with E-state index in [-0.39, 0.29) is 17.9 Å². The van der Waals surface area contributed by atoms with Gasteiger partial charge in [0.15, 0.2) is 0 Å². The Bertz CT molecular complexity index is 206. The molecule has 1 amide bonds. The van der Waals surface area contributed by atoms with Crippen molar-refractivity contribution in [3.63, 3.8) is 0 Å². The lowest BCUT2D eigenvalue weighted by atomic mass is 9.92. The normalized spacial score (nSPS) is 31.4. The molecule has 1 heterocycles. The number of primary amides is 1. The van der Waals surface area contributed by atoms with Gasteiger partial charge in [0.05, 0.1) is 5.92 Å². The van der Waals surface area contributed by atoms with Crippen molar-refractivity contribution in [2.24, 2.45) is 17.4 Å². The highest BCUT2D eigenvalue weighted by Crippen LogP contribution is 2.21. The number of piperidine rings is 1. The van der Waals surface area contributed by atoms with Crippen molar-refractivity contribution in [2.45, 2.75) is 38.8 Å². The van der Waals surface area contributed by atoms with E-state index in [1.807, 2.05) is 6.92 Å². The van der Waals surface area contributed by atoms with Crippen LogP contribution < -0.4 is 11.5 Å². The summed E-state index contributed by atoms with van der Waals surface area (Å²) < 4.78 is 0. The van der Waals surface area contributed by atoms with Gasteiger partial charge in [-0.25, -0.2) is 0 Å². The van der Waals surface area contributed by atoms with Gasteiger partial charge in [-0.3, -0.25) is 9.69 Å². The monoisotopic (exact) mass is 199 g/mol. The lowest BCUT2D eigenvalue weighted by molar-refractivity contribution is -0.124. The summed E-state index contributed by atoms with van der Waals surface area (Å²) in [4.78, 5) is 13.3. The van der Waals surface area contributed by atoms with Gasteiger partial charge in [0.1, 0.15) is 0 Å². The van der Waals surface area contributed by atoms with Crippen molar-refractivity contribution >= 4 is 5.91 Å². The summed E-state index contributed by atoms with van der Waals surface area (Å²) >= 11 is 0. The van der Waals surface area contributed by atoms with E-state index in [1.54, 1.807) is 0 Å². The second-order valence-electron chi connectivity index (χ2n) is 4.46. The second kappa shape index (κ2) is 4.75. The Morgan fingerprint density at radius 1 is 1.57 bits per heavy atom. The van der Waals surface area contributed by atoms with Crippen LogP contribution in [0.2, 0.25) is 0 Å². The van der Waals surface area contributed by atoms with E-state index in [1.165, 1.54) is 0 Å². The number of hydrogen-bond acceptors (Lipinski definition) is 3. The Balaban J connectivity index is 2.50. The number of carbonyl (C=O) groups excluding carboxylic acids is 1. The minimum Gasteiger partial charge on any atom is -0.369 e. The van der Waals surface area contributed by atoms with Crippen LogP contribution >= 0.6 is 0 Å². The maximum atomic E-state index is 11.1. The minimum absolute atomic E-state index is 0.0185. The molecule has 1 saturated heterocycles. The largest absolute Gasteiger partial charge is 0.369 e. The molecule has 3 atom stereocenters. The molecule has 0 saturated carbocycles. The van der Waals surface area contributed by atoms with Crippen LogP contribution in [0.3, 0.4) is 0 Å². The fourth-order valence-electron chi connectivity index (χ4n) is 2.04. The standard InChI is InChI=1S/C10H21N3O/c1-7(11)5-13-6-9(10(12)14)4-3-8(13)2/h7-9H,3-6,11H2,1-2H3,(H2,12,14). The van der Waals surface area contributed by atoms with Crippen LogP contribution in [0.25, 0.3) is 0 Å². The van der Waals surface area contributed by atoms with E-state index < -0.39 is 0 Å². The highest BCUT2D eigenvalue weighted by molar-refractivity contribution is 5.76. The first kappa shape index (κ1) is 11.5. The third kappa shape index (κ3) is 2.96. The first-order valence-electron chi connectivity index (χ1n) is 5.29. The van der Waals surface area contributed by atoms with Gasteiger partial charge >= 0.3 is 0 Å². The van der Waals surface area contributed by atoms with Gasteiger partial charge in [-0.05, 0) is 26.7 Å². The molecule has 4 nitrogen and oxygen atoms in total. The molecule has 0 radical (unpaired) electrons. The summed E-state index contributed by atoms with van der Waals surface area (Å²) in [7, 11) is 0. The van der Waals surface area contributed by atoms with Crippen molar-refractivity contribution in [2.75, 3.05) is 13.1 Å². The van der Waals surface area contributed by atoms with E-state index in [4.69, 9.17) is 11.5 Å². The Morgan fingerprint density at radius 2 is 2.21 bits per heavy atom. The highest BCUT2D eigenvalue weighted by Gasteiger charge is 2.28. The number of rotatable bonds is 3. The summed E-state index contributed by atoms with van der Waals surface area (Å²) in [6.45, 7) is 5.79. The SMILES string of the molecule is CC(N)CN1CC(C(N)=O)CCC1C. The van der Waals surface area contributed by atoms with E-state index in [9.17, 15) is 4.79 Å². The molecule has 1 fully saturated rings. The average Bonchev–Trinajstić information content (AvgIpc) is 2.07. The maximum absolute atomic E-state index is 11.1. The van der Waals surface area contributed by atoms with E-state index in [2.05, 4.69) is 11.8 Å². The molecule has 1 aliphatic rings. The molecule has 1 rings (SSSR count). The lowest BCUT2D eigenvalue weighted by Gasteiger charge is -2.37. The van der Waals surface area contributed by atoms with Crippen LogP contribution in [0.15, 0.2) is 0 Å².